The maximum Gasteiger partial charge on any atom is 0.249 e. The lowest BCUT2D eigenvalue weighted by molar-refractivity contribution is -0.129. The standard InChI is InChI=1S/C35H39N5O4.2ClH/c1-3-44-28-13-11-24(12-14-28)18-31(30-17-23(2)6-15-29(30)33(37)41)34(42)40-32(19-27-5-4-16-38-21-27)35(43)39-22-26-9-7-25(20-36)8-10-26;;/h4-17,21,31-32H,3,18-20,22,36H2,1-2H3,(H2,37,41)(H,39,43)(H,40,42);2*1H/t31-,32+;;/m1../s1. The fourth-order valence-corrected chi connectivity index (χ4v) is 5.00. The summed E-state index contributed by atoms with van der Waals surface area (Å²) in [6.45, 7) is 5.05. The van der Waals surface area contributed by atoms with Crippen molar-refractivity contribution in [2.45, 2.75) is 51.7 Å². The van der Waals surface area contributed by atoms with E-state index in [-0.39, 0.29) is 55.7 Å². The van der Waals surface area contributed by atoms with E-state index in [1.54, 1.807) is 36.7 Å². The molecule has 2 atom stereocenters. The molecule has 0 aliphatic carbocycles. The Bertz CT molecular complexity index is 1570. The molecule has 0 unspecified atom stereocenters. The lowest BCUT2D eigenvalue weighted by atomic mass is 9.86. The first kappa shape index (κ1) is 37.7. The van der Waals surface area contributed by atoms with Gasteiger partial charge in [0.25, 0.3) is 0 Å². The Morgan fingerprint density at radius 2 is 1.52 bits per heavy atom. The van der Waals surface area contributed by atoms with Gasteiger partial charge in [-0.15, -0.1) is 24.8 Å². The summed E-state index contributed by atoms with van der Waals surface area (Å²) in [5, 5.41) is 5.94. The summed E-state index contributed by atoms with van der Waals surface area (Å²) >= 11 is 0. The Morgan fingerprint density at radius 3 is 2.13 bits per heavy atom. The third-order valence-electron chi connectivity index (χ3n) is 7.36. The van der Waals surface area contributed by atoms with Crippen LogP contribution in [0.1, 0.15) is 56.6 Å². The van der Waals surface area contributed by atoms with Gasteiger partial charge in [0, 0.05) is 37.5 Å². The number of amides is 3. The molecule has 9 nitrogen and oxygen atoms in total. The predicted octanol–water partition coefficient (Wildman–Crippen LogP) is 4.56. The molecule has 0 saturated carbocycles. The number of hydrogen-bond donors (Lipinski definition) is 4. The van der Waals surface area contributed by atoms with Crippen LogP contribution < -0.4 is 26.8 Å². The summed E-state index contributed by atoms with van der Waals surface area (Å²) in [6, 6.07) is 23.1. The van der Waals surface area contributed by atoms with Crippen molar-refractivity contribution in [1.82, 2.24) is 15.6 Å². The summed E-state index contributed by atoms with van der Waals surface area (Å²) in [5.41, 5.74) is 16.6. The fraction of sp³-hybridized carbons (Fsp3) is 0.257. The minimum atomic E-state index is -0.903. The monoisotopic (exact) mass is 665 g/mol. The van der Waals surface area contributed by atoms with Crippen molar-refractivity contribution in [2.24, 2.45) is 11.5 Å². The molecule has 0 aliphatic rings. The van der Waals surface area contributed by atoms with Crippen molar-refractivity contribution < 1.29 is 19.1 Å². The number of nitrogens with two attached hydrogens (primary N) is 2. The van der Waals surface area contributed by atoms with E-state index in [9.17, 15) is 14.4 Å². The van der Waals surface area contributed by atoms with Crippen molar-refractivity contribution in [3.8, 4) is 5.75 Å². The van der Waals surface area contributed by atoms with Crippen LogP contribution in [0, 0.1) is 6.92 Å². The van der Waals surface area contributed by atoms with Crippen LogP contribution in [0.25, 0.3) is 0 Å². The van der Waals surface area contributed by atoms with E-state index >= 15 is 0 Å². The average Bonchev–Trinajstić information content (AvgIpc) is 3.03. The van der Waals surface area contributed by atoms with Crippen LogP contribution in [0.4, 0.5) is 0 Å². The maximum atomic E-state index is 14.2. The van der Waals surface area contributed by atoms with Crippen molar-refractivity contribution >= 4 is 42.5 Å². The van der Waals surface area contributed by atoms with E-state index in [4.69, 9.17) is 16.2 Å². The van der Waals surface area contributed by atoms with E-state index in [1.807, 2.05) is 68.4 Å². The highest BCUT2D eigenvalue weighted by Gasteiger charge is 2.30. The molecule has 3 amide bonds. The van der Waals surface area contributed by atoms with Crippen LogP contribution >= 0.6 is 24.8 Å². The molecule has 1 heterocycles. The molecular weight excluding hydrogens is 625 g/mol. The predicted molar refractivity (Wildman–Crippen MR) is 184 cm³/mol. The highest BCUT2D eigenvalue weighted by molar-refractivity contribution is 5.98. The first-order valence-corrected chi connectivity index (χ1v) is 14.6. The number of aromatic nitrogens is 1. The van der Waals surface area contributed by atoms with E-state index in [0.29, 0.717) is 18.7 Å². The summed E-state index contributed by atoms with van der Waals surface area (Å²) < 4.78 is 5.57. The quantitative estimate of drug-likeness (QED) is 0.155. The zero-order chi connectivity index (χ0) is 31.5. The Hall–Kier alpha value is -4.44. The summed E-state index contributed by atoms with van der Waals surface area (Å²) in [5.74, 6) is -1.46. The lowest BCUT2D eigenvalue weighted by Crippen LogP contribution is -2.49. The average molecular weight is 667 g/mol. The first-order chi connectivity index (χ1) is 21.3. The molecule has 0 spiro atoms. The molecule has 11 heteroatoms. The number of carbonyl (C=O) groups is 3. The largest absolute Gasteiger partial charge is 0.494 e. The lowest BCUT2D eigenvalue weighted by Gasteiger charge is -2.24. The molecule has 244 valence electrons. The van der Waals surface area contributed by atoms with Gasteiger partial charge in [-0.2, -0.15) is 0 Å². The third kappa shape index (κ3) is 10.6. The molecule has 0 aliphatic heterocycles. The molecule has 0 radical (unpaired) electrons. The van der Waals surface area contributed by atoms with Gasteiger partial charge in [0.15, 0.2) is 0 Å². The number of aryl methyl sites for hydroxylation is 1. The van der Waals surface area contributed by atoms with Crippen LogP contribution in [-0.2, 0) is 35.5 Å². The molecule has 3 aromatic carbocycles. The number of carbonyl (C=O) groups excluding carboxylic acids is 3. The summed E-state index contributed by atoms with van der Waals surface area (Å²) in [4.78, 5) is 44.4. The maximum absolute atomic E-state index is 14.2. The molecule has 6 N–H and O–H groups in total. The van der Waals surface area contributed by atoms with Crippen molar-refractivity contribution in [3.63, 3.8) is 0 Å². The van der Waals surface area contributed by atoms with Gasteiger partial charge in [0.2, 0.25) is 17.7 Å². The van der Waals surface area contributed by atoms with Gasteiger partial charge in [-0.05, 0) is 72.4 Å². The number of halogens is 2. The summed E-state index contributed by atoms with van der Waals surface area (Å²) in [6.07, 6.45) is 3.82. The number of rotatable bonds is 14. The second-order valence-electron chi connectivity index (χ2n) is 10.7. The highest BCUT2D eigenvalue weighted by Crippen LogP contribution is 2.27. The van der Waals surface area contributed by atoms with Crippen LogP contribution in [0.15, 0.2) is 91.3 Å². The zero-order valence-electron chi connectivity index (χ0n) is 25.9. The Kier molecular flexibility index (Phi) is 15.2. The summed E-state index contributed by atoms with van der Waals surface area (Å²) in [7, 11) is 0. The smallest absolute Gasteiger partial charge is 0.249 e. The number of ether oxygens (including phenoxy) is 1. The van der Waals surface area contributed by atoms with Crippen LogP contribution in [0.5, 0.6) is 5.75 Å². The molecule has 0 bridgehead atoms. The minimum absolute atomic E-state index is 0. The molecular formula is C35H41Cl2N5O4. The first-order valence-electron chi connectivity index (χ1n) is 14.6. The second-order valence-corrected chi connectivity index (χ2v) is 10.7. The number of hydrogen-bond acceptors (Lipinski definition) is 6. The van der Waals surface area contributed by atoms with Crippen molar-refractivity contribution in [2.75, 3.05) is 6.61 Å². The SMILES string of the molecule is CCOc1ccc(C[C@@H](C(=O)N[C@@H](Cc2cccnc2)C(=O)NCc2ccc(CN)cc2)c2cc(C)ccc2C(N)=O)cc1.Cl.Cl. The highest BCUT2D eigenvalue weighted by atomic mass is 35.5. The fourth-order valence-electron chi connectivity index (χ4n) is 5.00. The van der Waals surface area contributed by atoms with Crippen molar-refractivity contribution in [1.29, 1.82) is 0 Å². The zero-order valence-corrected chi connectivity index (χ0v) is 27.5. The minimum Gasteiger partial charge on any atom is -0.494 e. The van der Waals surface area contributed by atoms with E-state index < -0.39 is 23.8 Å². The Labute approximate surface area is 282 Å². The molecule has 4 rings (SSSR count). The van der Waals surface area contributed by atoms with Gasteiger partial charge in [-0.25, -0.2) is 0 Å². The number of nitrogens with zero attached hydrogens (tertiary/aromatic N) is 1. The third-order valence-corrected chi connectivity index (χ3v) is 7.36. The molecule has 4 aromatic rings. The van der Waals surface area contributed by atoms with Gasteiger partial charge >= 0.3 is 0 Å². The molecule has 46 heavy (non-hydrogen) atoms. The number of pyridine rings is 1. The number of benzene rings is 3. The molecule has 0 saturated heterocycles. The van der Waals surface area contributed by atoms with Gasteiger partial charge < -0.3 is 26.8 Å². The van der Waals surface area contributed by atoms with Crippen LogP contribution in [0.2, 0.25) is 0 Å². The van der Waals surface area contributed by atoms with Crippen LogP contribution in [-0.4, -0.2) is 35.4 Å². The number of primary amides is 1. The Morgan fingerprint density at radius 1 is 0.848 bits per heavy atom. The van der Waals surface area contributed by atoms with Crippen molar-refractivity contribution in [3.05, 3.63) is 130 Å². The normalized spacial score (nSPS) is 11.6. The van der Waals surface area contributed by atoms with Gasteiger partial charge in [0.05, 0.1) is 12.5 Å². The van der Waals surface area contributed by atoms with E-state index in [0.717, 1.165) is 33.6 Å². The van der Waals surface area contributed by atoms with E-state index in [2.05, 4.69) is 15.6 Å². The molecule has 0 fully saturated rings. The van der Waals surface area contributed by atoms with Gasteiger partial charge in [0.1, 0.15) is 11.8 Å². The van der Waals surface area contributed by atoms with Gasteiger partial charge in [-0.1, -0.05) is 60.2 Å². The Balaban J connectivity index is 0.00000368. The molecule has 1 aromatic heterocycles. The topological polar surface area (TPSA) is 149 Å². The number of nitrogens with one attached hydrogen (secondary N) is 2. The second kappa shape index (κ2) is 18.5. The van der Waals surface area contributed by atoms with E-state index in [1.165, 1.54) is 0 Å². The van der Waals surface area contributed by atoms with Gasteiger partial charge in [-0.3, -0.25) is 19.4 Å². The van der Waals surface area contributed by atoms with Crippen LogP contribution in [0.3, 0.4) is 0 Å².